The van der Waals surface area contributed by atoms with Crippen molar-refractivity contribution in [2.75, 3.05) is 5.88 Å². The summed E-state index contributed by atoms with van der Waals surface area (Å²) in [5.74, 6) is 0.664. The predicted octanol–water partition coefficient (Wildman–Crippen LogP) is 5.31. The van der Waals surface area contributed by atoms with E-state index in [1.165, 1.54) is 57.8 Å². The lowest BCUT2D eigenvalue weighted by molar-refractivity contribution is 0.577. The Morgan fingerprint density at radius 2 is 1.36 bits per heavy atom. The predicted molar refractivity (Wildman–Crippen MR) is 67.1 cm³/mol. The first-order valence-electron chi connectivity index (χ1n) is 6.12. The molecule has 0 amide bonds. The minimum absolute atomic E-state index is 0.664. The maximum Gasteiger partial charge on any atom is 0.0404 e. The van der Waals surface area contributed by atoms with E-state index in [9.17, 15) is 0 Å². The fourth-order valence-corrected chi connectivity index (χ4v) is 1.70. The molecule has 0 aliphatic carbocycles. The van der Waals surface area contributed by atoms with Gasteiger partial charge in [0.1, 0.15) is 0 Å². The van der Waals surface area contributed by atoms with Crippen LogP contribution < -0.4 is 0 Å². The Balaban J connectivity index is 2.88. The highest BCUT2D eigenvalue weighted by molar-refractivity contribution is 6.18. The maximum atomic E-state index is 5.53. The molecular weight excluding hydrogens is 192 g/mol. The molecule has 0 fully saturated rings. The van der Waals surface area contributed by atoms with Crippen LogP contribution in [0.5, 0.6) is 0 Å². The molecule has 0 rings (SSSR count). The van der Waals surface area contributed by atoms with Gasteiger partial charge in [-0.2, -0.15) is 0 Å². The van der Waals surface area contributed by atoms with Gasteiger partial charge in [-0.05, 0) is 12.8 Å². The van der Waals surface area contributed by atoms with Gasteiger partial charge in [0, 0.05) is 5.88 Å². The van der Waals surface area contributed by atoms with E-state index in [4.69, 9.17) is 11.6 Å². The van der Waals surface area contributed by atoms with Gasteiger partial charge < -0.3 is 0 Å². The van der Waals surface area contributed by atoms with E-state index in [0.29, 0.717) is 5.88 Å². The largest absolute Gasteiger partial charge is 0.122 e. The highest BCUT2D eigenvalue weighted by Crippen LogP contribution is 2.09. The molecular formula is C13H25Cl. The second kappa shape index (κ2) is 13.0. The molecule has 0 N–H and O–H groups in total. The second-order valence-corrected chi connectivity index (χ2v) is 4.20. The third-order valence-corrected chi connectivity index (χ3v) is 2.66. The molecule has 0 heterocycles. The molecule has 1 heteroatoms. The summed E-state index contributed by atoms with van der Waals surface area (Å²) in [7, 11) is 0. The Morgan fingerprint density at radius 3 is 1.93 bits per heavy atom. The molecule has 0 saturated heterocycles. The molecule has 0 aromatic rings. The molecule has 0 aliphatic heterocycles. The van der Waals surface area contributed by atoms with Crippen molar-refractivity contribution in [2.45, 2.75) is 64.7 Å². The summed E-state index contributed by atoms with van der Waals surface area (Å²) >= 11 is 5.53. The van der Waals surface area contributed by atoms with Crippen LogP contribution in [-0.2, 0) is 0 Å². The van der Waals surface area contributed by atoms with Crippen molar-refractivity contribution in [3.05, 3.63) is 12.2 Å². The molecule has 0 atom stereocenters. The second-order valence-electron chi connectivity index (χ2n) is 3.89. The lowest BCUT2D eigenvalue weighted by atomic mass is 10.1. The lowest BCUT2D eigenvalue weighted by Crippen LogP contribution is -1.79. The molecule has 0 unspecified atom stereocenters. The van der Waals surface area contributed by atoms with Gasteiger partial charge in [0.15, 0.2) is 0 Å². The minimum atomic E-state index is 0.664. The first kappa shape index (κ1) is 14.0. The van der Waals surface area contributed by atoms with E-state index >= 15 is 0 Å². The normalized spacial score (nSPS) is 11.3. The van der Waals surface area contributed by atoms with Crippen LogP contribution in [0.25, 0.3) is 0 Å². The number of rotatable bonds is 10. The number of unbranched alkanes of at least 4 members (excludes halogenated alkanes) is 8. The zero-order chi connectivity index (χ0) is 10.5. The van der Waals surface area contributed by atoms with Gasteiger partial charge in [0.2, 0.25) is 0 Å². The number of allylic oxidation sites excluding steroid dienone is 2. The lowest BCUT2D eigenvalue weighted by Gasteiger charge is -1.99. The van der Waals surface area contributed by atoms with Gasteiger partial charge in [-0.25, -0.2) is 0 Å². The zero-order valence-electron chi connectivity index (χ0n) is 9.60. The van der Waals surface area contributed by atoms with Crippen molar-refractivity contribution in [2.24, 2.45) is 0 Å². The fraction of sp³-hybridized carbons (Fsp3) is 0.846. The SMILES string of the molecule is CCCCCCCCCC/C=C/CCl. The first-order valence-corrected chi connectivity index (χ1v) is 6.66. The molecule has 14 heavy (non-hydrogen) atoms. The van der Waals surface area contributed by atoms with Crippen LogP contribution >= 0.6 is 11.6 Å². The Kier molecular flexibility index (Phi) is 13.1. The first-order chi connectivity index (χ1) is 6.91. The third kappa shape index (κ3) is 12.0. The van der Waals surface area contributed by atoms with Crippen molar-refractivity contribution in [1.29, 1.82) is 0 Å². The minimum Gasteiger partial charge on any atom is -0.122 e. The van der Waals surface area contributed by atoms with E-state index in [0.717, 1.165) is 0 Å². The summed E-state index contributed by atoms with van der Waals surface area (Å²) < 4.78 is 0. The van der Waals surface area contributed by atoms with E-state index in [1.807, 2.05) is 6.08 Å². The third-order valence-electron chi connectivity index (χ3n) is 2.48. The smallest absolute Gasteiger partial charge is 0.0404 e. The highest BCUT2D eigenvalue weighted by atomic mass is 35.5. The molecule has 0 nitrogen and oxygen atoms in total. The van der Waals surface area contributed by atoms with Crippen molar-refractivity contribution < 1.29 is 0 Å². The number of hydrogen-bond donors (Lipinski definition) is 0. The van der Waals surface area contributed by atoms with Gasteiger partial charge in [0.05, 0.1) is 0 Å². The van der Waals surface area contributed by atoms with Gasteiger partial charge in [0.25, 0.3) is 0 Å². The van der Waals surface area contributed by atoms with E-state index in [1.54, 1.807) is 0 Å². The average Bonchev–Trinajstić information content (AvgIpc) is 2.21. The van der Waals surface area contributed by atoms with Crippen LogP contribution in [0.1, 0.15) is 64.7 Å². The van der Waals surface area contributed by atoms with E-state index < -0.39 is 0 Å². The quantitative estimate of drug-likeness (QED) is 0.264. The van der Waals surface area contributed by atoms with Crippen molar-refractivity contribution in [3.8, 4) is 0 Å². The summed E-state index contributed by atoms with van der Waals surface area (Å²) in [6.07, 6.45) is 16.7. The Morgan fingerprint density at radius 1 is 0.786 bits per heavy atom. The maximum absolute atomic E-state index is 5.53. The molecule has 84 valence electrons. The van der Waals surface area contributed by atoms with E-state index in [2.05, 4.69) is 13.0 Å². The molecule has 0 saturated carbocycles. The molecule has 0 bridgehead atoms. The zero-order valence-corrected chi connectivity index (χ0v) is 10.4. The Labute approximate surface area is 94.7 Å². The van der Waals surface area contributed by atoms with Crippen LogP contribution in [0.4, 0.5) is 0 Å². The number of halogens is 1. The summed E-state index contributed by atoms with van der Waals surface area (Å²) in [4.78, 5) is 0. The molecule has 0 radical (unpaired) electrons. The highest BCUT2D eigenvalue weighted by Gasteiger charge is 1.89. The van der Waals surface area contributed by atoms with Crippen LogP contribution in [0.3, 0.4) is 0 Å². The van der Waals surface area contributed by atoms with Gasteiger partial charge in [-0.1, -0.05) is 64.0 Å². The Bertz CT molecular complexity index is 118. The monoisotopic (exact) mass is 216 g/mol. The molecule has 0 aromatic heterocycles. The molecule has 0 aromatic carbocycles. The van der Waals surface area contributed by atoms with Crippen LogP contribution in [0, 0.1) is 0 Å². The summed E-state index contributed by atoms with van der Waals surface area (Å²) in [5.41, 5.74) is 0. The van der Waals surface area contributed by atoms with Gasteiger partial charge in [-0.15, -0.1) is 11.6 Å². The summed E-state index contributed by atoms with van der Waals surface area (Å²) in [5, 5.41) is 0. The van der Waals surface area contributed by atoms with Crippen molar-refractivity contribution >= 4 is 11.6 Å². The molecule has 0 aliphatic rings. The van der Waals surface area contributed by atoms with Crippen LogP contribution in [0.15, 0.2) is 12.2 Å². The standard InChI is InChI=1S/C13H25Cl/c1-2-3-4-5-6-7-8-9-10-11-12-13-14/h11-12H,2-10,13H2,1H3/b12-11+. The van der Waals surface area contributed by atoms with Crippen molar-refractivity contribution in [3.63, 3.8) is 0 Å². The number of alkyl halides is 1. The van der Waals surface area contributed by atoms with E-state index in [-0.39, 0.29) is 0 Å². The van der Waals surface area contributed by atoms with Gasteiger partial charge >= 0.3 is 0 Å². The van der Waals surface area contributed by atoms with Crippen LogP contribution in [-0.4, -0.2) is 5.88 Å². The summed E-state index contributed by atoms with van der Waals surface area (Å²) in [6, 6.07) is 0. The number of hydrogen-bond acceptors (Lipinski definition) is 0. The van der Waals surface area contributed by atoms with Gasteiger partial charge in [-0.3, -0.25) is 0 Å². The topological polar surface area (TPSA) is 0 Å². The molecule has 0 spiro atoms. The average molecular weight is 217 g/mol. The Hall–Kier alpha value is 0.0300. The van der Waals surface area contributed by atoms with Crippen molar-refractivity contribution in [1.82, 2.24) is 0 Å². The fourth-order valence-electron chi connectivity index (χ4n) is 1.58. The summed E-state index contributed by atoms with van der Waals surface area (Å²) in [6.45, 7) is 2.27. The van der Waals surface area contributed by atoms with Crippen LogP contribution in [0.2, 0.25) is 0 Å².